The first-order valence-electron chi connectivity index (χ1n) is 18.0. The van der Waals surface area contributed by atoms with Gasteiger partial charge in [0.05, 0.1) is 5.69 Å². The van der Waals surface area contributed by atoms with Crippen LogP contribution < -0.4 is 4.90 Å². The average molecular weight is 640 g/mol. The second-order valence-corrected chi connectivity index (χ2v) is 17.5. The number of fused-ring (bicyclic) bond motifs is 7. The van der Waals surface area contributed by atoms with Crippen LogP contribution in [0.4, 0.5) is 17.1 Å². The molecule has 6 aromatic rings. The summed E-state index contributed by atoms with van der Waals surface area (Å²) in [4.78, 5) is 2.52. The highest BCUT2D eigenvalue weighted by atomic mass is 15.1. The molecule has 0 heterocycles. The Balaban J connectivity index is 1.36. The lowest BCUT2D eigenvalue weighted by Gasteiger charge is -2.32. The third-order valence-electron chi connectivity index (χ3n) is 11.6. The summed E-state index contributed by atoms with van der Waals surface area (Å²) in [6.07, 6.45) is 0. The van der Waals surface area contributed by atoms with Gasteiger partial charge in [-0.3, -0.25) is 0 Å². The minimum atomic E-state index is -0.118. The van der Waals surface area contributed by atoms with Crippen LogP contribution in [0.25, 0.3) is 33.0 Å². The van der Waals surface area contributed by atoms with Crippen molar-refractivity contribution < 1.29 is 0 Å². The van der Waals surface area contributed by atoms with E-state index < -0.39 is 0 Å². The van der Waals surface area contributed by atoms with Crippen molar-refractivity contribution in [1.82, 2.24) is 0 Å². The van der Waals surface area contributed by atoms with Crippen LogP contribution in [0.3, 0.4) is 0 Å². The van der Waals surface area contributed by atoms with Crippen molar-refractivity contribution in [2.45, 2.75) is 90.9 Å². The summed E-state index contributed by atoms with van der Waals surface area (Å²) in [5, 5.41) is 2.59. The lowest BCUT2D eigenvalue weighted by atomic mass is 9.79. The maximum atomic E-state index is 2.52. The van der Waals surface area contributed by atoms with Crippen LogP contribution >= 0.6 is 0 Å². The van der Waals surface area contributed by atoms with Crippen LogP contribution in [0, 0.1) is 0 Å². The molecule has 0 N–H and O–H groups in total. The van der Waals surface area contributed by atoms with Crippen molar-refractivity contribution in [3.8, 4) is 22.3 Å². The summed E-state index contributed by atoms with van der Waals surface area (Å²) < 4.78 is 0. The smallest absolute Gasteiger partial charge is 0.0540 e. The molecule has 0 saturated carbocycles. The molecule has 0 aromatic heterocycles. The summed E-state index contributed by atoms with van der Waals surface area (Å²) in [6, 6.07) is 44.1. The Morgan fingerprint density at radius 3 is 1.51 bits per heavy atom. The van der Waals surface area contributed by atoms with Crippen LogP contribution in [0.1, 0.15) is 103 Å². The van der Waals surface area contributed by atoms with Crippen LogP contribution in [0.5, 0.6) is 0 Å². The van der Waals surface area contributed by atoms with Gasteiger partial charge in [0.1, 0.15) is 0 Å². The van der Waals surface area contributed by atoms with Gasteiger partial charge in [0.2, 0.25) is 0 Å². The summed E-state index contributed by atoms with van der Waals surface area (Å²) in [5.41, 5.74) is 17.3. The van der Waals surface area contributed by atoms with Gasteiger partial charge in [0.15, 0.2) is 0 Å². The molecule has 0 saturated heterocycles. The van der Waals surface area contributed by atoms with Gasteiger partial charge in [-0.1, -0.05) is 154 Å². The molecule has 0 aliphatic heterocycles. The summed E-state index contributed by atoms with van der Waals surface area (Å²) >= 11 is 0. The minimum Gasteiger partial charge on any atom is -0.310 e. The minimum absolute atomic E-state index is 0.0294. The van der Waals surface area contributed by atoms with Crippen molar-refractivity contribution >= 4 is 27.8 Å². The summed E-state index contributed by atoms with van der Waals surface area (Å²) in [7, 11) is 0. The molecule has 2 aliphatic rings. The molecule has 1 nitrogen and oxygen atoms in total. The second-order valence-electron chi connectivity index (χ2n) is 17.5. The monoisotopic (exact) mass is 639 g/mol. The molecule has 0 bridgehead atoms. The Kier molecular flexibility index (Phi) is 6.74. The first-order valence-corrected chi connectivity index (χ1v) is 18.0. The van der Waals surface area contributed by atoms with E-state index in [-0.39, 0.29) is 21.7 Å². The summed E-state index contributed by atoms with van der Waals surface area (Å²) in [6.45, 7) is 23.4. The lowest BCUT2D eigenvalue weighted by Crippen LogP contribution is -2.19. The van der Waals surface area contributed by atoms with Gasteiger partial charge in [0, 0.05) is 27.6 Å². The van der Waals surface area contributed by atoms with E-state index in [0.29, 0.717) is 0 Å². The van der Waals surface area contributed by atoms with Crippen molar-refractivity contribution in [3.63, 3.8) is 0 Å². The molecule has 8 rings (SSSR count). The van der Waals surface area contributed by atoms with Crippen molar-refractivity contribution in [2.24, 2.45) is 0 Å². The predicted molar refractivity (Wildman–Crippen MR) is 211 cm³/mol. The van der Waals surface area contributed by atoms with E-state index in [2.05, 4.69) is 189 Å². The SMILES string of the molecule is CC(C)(C)c1ccc2c(c1)C(C)(C)c1cc(N(c3ccc4c(c3)C(C)(C)c3ccccc3-4)c3ccc(C(C)(C)C)c4ccccc34)ccc1-2. The Hall–Kier alpha value is -4.62. The van der Waals surface area contributed by atoms with Gasteiger partial charge >= 0.3 is 0 Å². The van der Waals surface area contributed by atoms with Gasteiger partial charge in [-0.05, 0) is 102 Å². The topological polar surface area (TPSA) is 3.24 Å². The van der Waals surface area contributed by atoms with E-state index >= 15 is 0 Å². The third kappa shape index (κ3) is 4.73. The molecular weight excluding hydrogens is 591 g/mol. The van der Waals surface area contributed by atoms with Crippen LogP contribution in [0.2, 0.25) is 0 Å². The van der Waals surface area contributed by atoms with Crippen LogP contribution in [-0.4, -0.2) is 0 Å². The van der Waals surface area contributed by atoms with Gasteiger partial charge in [0.25, 0.3) is 0 Å². The zero-order chi connectivity index (χ0) is 34.7. The highest BCUT2D eigenvalue weighted by Crippen LogP contribution is 2.54. The summed E-state index contributed by atoms with van der Waals surface area (Å²) in [5.74, 6) is 0. The molecule has 0 spiro atoms. The van der Waals surface area contributed by atoms with Crippen molar-refractivity contribution in [1.29, 1.82) is 0 Å². The zero-order valence-corrected chi connectivity index (χ0v) is 30.9. The average Bonchev–Trinajstić information content (AvgIpc) is 3.43. The van der Waals surface area contributed by atoms with E-state index in [1.165, 1.54) is 83.5 Å². The molecule has 49 heavy (non-hydrogen) atoms. The molecule has 0 atom stereocenters. The molecule has 246 valence electrons. The standard InChI is InChI=1S/C48H49N/c1-45(2,3)30-19-22-35-37-24-21-32(29-43(37)48(9,10)41(35)27-30)49(44-26-25-39(46(4,5)6)34-16-11-12-17-38(34)44)31-20-23-36-33-15-13-14-18-40(33)47(7,8)42(36)28-31/h11-29H,1-10H3. The molecular formula is C48H49N. The van der Waals surface area contributed by atoms with E-state index in [4.69, 9.17) is 0 Å². The number of benzene rings is 6. The Bertz CT molecular complexity index is 2300. The van der Waals surface area contributed by atoms with Gasteiger partial charge in [-0.2, -0.15) is 0 Å². The largest absolute Gasteiger partial charge is 0.310 e. The van der Waals surface area contributed by atoms with Crippen LogP contribution in [-0.2, 0) is 21.7 Å². The van der Waals surface area contributed by atoms with E-state index in [0.717, 1.165) is 0 Å². The fourth-order valence-corrected chi connectivity index (χ4v) is 8.72. The maximum Gasteiger partial charge on any atom is 0.0540 e. The maximum absolute atomic E-state index is 2.52. The first-order chi connectivity index (χ1) is 23.1. The van der Waals surface area contributed by atoms with E-state index in [1.54, 1.807) is 0 Å². The highest BCUT2D eigenvalue weighted by Gasteiger charge is 2.38. The first kappa shape index (κ1) is 31.6. The second kappa shape index (κ2) is 10.4. The van der Waals surface area contributed by atoms with E-state index in [1.807, 2.05) is 0 Å². The van der Waals surface area contributed by atoms with Gasteiger partial charge in [-0.25, -0.2) is 0 Å². The van der Waals surface area contributed by atoms with Crippen LogP contribution in [0.15, 0.2) is 115 Å². The predicted octanol–water partition coefficient (Wildman–Crippen LogP) is 13.5. The fraction of sp³-hybridized carbons (Fsp3) is 0.292. The Morgan fingerprint density at radius 1 is 0.429 bits per heavy atom. The number of nitrogens with zero attached hydrogens (tertiary/aromatic N) is 1. The van der Waals surface area contributed by atoms with Crippen molar-refractivity contribution in [3.05, 3.63) is 149 Å². The zero-order valence-electron chi connectivity index (χ0n) is 30.9. The Labute approximate surface area is 293 Å². The van der Waals surface area contributed by atoms with E-state index in [9.17, 15) is 0 Å². The number of hydrogen-bond acceptors (Lipinski definition) is 1. The highest BCUT2D eigenvalue weighted by molar-refractivity contribution is 6.02. The molecule has 6 aromatic carbocycles. The quantitative estimate of drug-likeness (QED) is 0.186. The normalized spacial score (nSPS) is 15.5. The molecule has 1 heteroatoms. The van der Waals surface area contributed by atoms with Gasteiger partial charge in [-0.15, -0.1) is 0 Å². The lowest BCUT2D eigenvalue weighted by molar-refractivity contribution is 0.584. The molecule has 0 amide bonds. The Morgan fingerprint density at radius 2 is 0.918 bits per heavy atom. The molecule has 0 radical (unpaired) electrons. The molecule has 0 unspecified atom stereocenters. The number of hydrogen-bond donors (Lipinski definition) is 0. The number of rotatable bonds is 3. The fourth-order valence-electron chi connectivity index (χ4n) is 8.72. The molecule has 2 aliphatic carbocycles. The van der Waals surface area contributed by atoms with Gasteiger partial charge < -0.3 is 4.90 Å². The third-order valence-corrected chi connectivity index (χ3v) is 11.6. The van der Waals surface area contributed by atoms with Crippen molar-refractivity contribution in [2.75, 3.05) is 4.90 Å². The number of anilines is 3. The molecule has 0 fully saturated rings.